The molecule has 2 aromatic carbocycles. The SMILES string of the molecule is COc1ccc(S(=O)(=O)N2Cc3c(c4ccccc4n3CC(=O)NCCN3CCOCC3)C(C)(C)C2)cc1. The van der Waals surface area contributed by atoms with E-state index in [1.54, 1.807) is 31.4 Å². The monoisotopic (exact) mass is 540 g/mol. The van der Waals surface area contributed by atoms with Crippen LogP contribution >= 0.6 is 0 Å². The van der Waals surface area contributed by atoms with Crippen LogP contribution in [0.4, 0.5) is 0 Å². The fraction of sp³-hybridized carbons (Fsp3) is 0.464. The quantitative estimate of drug-likeness (QED) is 0.472. The van der Waals surface area contributed by atoms with Crippen LogP contribution in [0.1, 0.15) is 25.1 Å². The van der Waals surface area contributed by atoms with Gasteiger partial charge in [-0.1, -0.05) is 32.0 Å². The molecule has 0 saturated carbocycles. The highest BCUT2D eigenvalue weighted by Crippen LogP contribution is 2.42. The Morgan fingerprint density at radius 1 is 1.08 bits per heavy atom. The number of hydrogen-bond acceptors (Lipinski definition) is 6. The molecule has 1 amide bonds. The lowest BCUT2D eigenvalue weighted by molar-refractivity contribution is -0.121. The molecule has 0 unspecified atom stereocenters. The van der Waals surface area contributed by atoms with Crippen molar-refractivity contribution in [1.82, 2.24) is 19.1 Å². The van der Waals surface area contributed by atoms with Gasteiger partial charge in [0.05, 0.1) is 31.8 Å². The van der Waals surface area contributed by atoms with E-state index >= 15 is 0 Å². The summed E-state index contributed by atoms with van der Waals surface area (Å²) in [7, 11) is -2.21. The van der Waals surface area contributed by atoms with Gasteiger partial charge >= 0.3 is 0 Å². The van der Waals surface area contributed by atoms with Gasteiger partial charge < -0.3 is 19.4 Å². The zero-order valence-corrected chi connectivity index (χ0v) is 23.1. The Balaban J connectivity index is 1.43. The number of nitrogens with zero attached hydrogens (tertiary/aromatic N) is 3. The second-order valence-electron chi connectivity index (χ2n) is 10.6. The largest absolute Gasteiger partial charge is 0.497 e. The zero-order valence-electron chi connectivity index (χ0n) is 22.3. The summed E-state index contributed by atoms with van der Waals surface area (Å²) in [6, 6.07) is 14.5. The van der Waals surface area contributed by atoms with E-state index in [0.29, 0.717) is 18.8 Å². The van der Waals surface area contributed by atoms with Gasteiger partial charge in [-0.05, 0) is 35.9 Å². The van der Waals surface area contributed by atoms with Gasteiger partial charge in [0.15, 0.2) is 0 Å². The van der Waals surface area contributed by atoms with Gasteiger partial charge in [0, 0.05) is 54.7 Å². The van der Waals surface area contributed by atoms with E-state index in [2.05, 4.69) is 30.1 Å². The number of sulfonamides is 1. The Kier molecular flexibility index (Phi) is 7.50. The minimum Gasteiger partial charge on any atom is -0.497 e. The van der Waals surface area contributed by atoms with Crippen molar-refractivity contribution in [2.75, 3.05) is 53.0 Å². The molecule has 1 aromatic heterocycles. The molecule has 38 heavy (non-hydrogen) atoms. The molecule has 9 nitrogen and oxygen atoms in total. The first-order chi connectivity index (χ1) is 18.2. The third-order valence-electron chi connectivity index (χ3n) is 7.51. The van der Waals surface area contributed by atoms with E-state index in [-0.39, 0.29) is 23.9 Å². The van der Waals surface area contributed by atoms with Crippen molar-refractivity contribution in [3.05, 3.63) is 59.8 Å². The molecule has 3 aromatic rings. The number of para-hydroxylation sites is 1. The van der Waals surface area contributed by atoms with Crippen LogP contribution in [0.3, 0.4) is 0 Å². The molecule has 0 spiro atoms. The number of nitrogens with one attached hydrogen (secondary N) is 1. The molecule has 0 aliphatic carbocycles. The molecule has 1 N–H and O–H groups in total. The number of carbonyl (C=O) groups is 1. The lowest BCUT2D eigenvalue weighted by atomic mass is 9.80. The van der Waals surface area contributed by atoms with Gasteiger partial charge in [0.2, 0.25) is 15.9 Å². The number of rotatable bonds is 8. The molecule has 3 heterocycles. The molecule has 5 rings (SSSR count). The lowest BCUT2D eigenvalue weighted by Gasteiger charge is -2.38. The second-order valence-corrected chi connectivity index (χ2v) is 12.5. The summed E-state index contributed by atoms with van der Waals surface area (Å²) in [6.07, 6.45) is 0. The van der Waals surface area contributed by atoms with Gasteiger partial charge in [-0.3, -0.25) is 9.69 Å². The minimum absolute atomic E-state index is 0.0882. The van der Waals surface area contributed by atoms with Crippen LogP contribution in [0.25, 0.3) is 10.9 Å². The molecule has 0 bridgehead atoms. The van der Waals surface area contributed by atoms with E-state index in [1.165, 1.54) is 4.31 Å². The van der Waals surface area contributed by atoms with E-state index in [4.69, 9.17) is 9.47 Å². The highest BCUT2D eigenvalue weighted by Gasteiger charge is 2.41. The molecule has 10 heteroatoms. The number of ether oxygens (including phenoxy) is 2. The molecule has 2 aliphatic heterocycles. The van der Waals surface area contributed by atoms with Crippen molar-refractivity contribution in [2.45, 2.75) is 37.2 Å². The van der Waals surface area contributed by atoms with Crippen molar-refractivity contribution in [1.29, 1.82) is 0 Å². The Labute approximate surface area is 224 Å². The van der Waals surface area contributed by atoms with Crippen LogP contribution in [0.2, 0.25) is 0 Å². The number of aromatic nitrogens is 1. The Morgan fingerprint density at radius 2 is 1.79 bits per heavy atom. The molecule has 1 fully saturated rings. The maximum Gasteiger partial charge on any atom is 0.243 e. The Bertz CT molecular complexity index is 1410. The molecule has 1 saturated heterocycles. The first-order valence-electron chi connectivity index (χ1n) is 13.0. The topological polar surface area (TPSA) is 93.1 Å². The standard InChI is InChI=1S/C28H36N4O5S/c1-28(2)20-31(38(34,35)22-10-8-21(36-3)9-11-22)18-25-27(28)23-6-4-5-7-24(23)32(25)19-26(33)29-12-13-30-14-16-37-17-15-30/h4-11H,12-20H2,1-3H3,(H,29,33). The average molecular weight is 541 g/mol. The van der Waals surface area contributed by atoms with Gasteiger partial charge in [0.25, 0.3) is 0 Å². The maximum absolute atomic E-state index is 13.7. The summed E-state index contributed by atoms with van der Waals surface area (Å²) in [5.74, 6) is 0.514. The van der Waals surface area contributed by atoms with Gasteiger partial charge in [-0.15, -0.1) is 0 Å². The number of hydrogen-bond donors (Lipinski definition) is 1. The maximum atomic E-state index is 13.7. The fourth-order valence-electron chi connectivity index (χ4n) is 5.64. The van der Waals surface area contributed by atoms with E-state index in [9.17, 15) is 13.2 Å². The summed E-state index contributed by atoms with van der Waals surface area (Å²) in [5, 5.41) is 4.12. The van der Waals surface area contributed by atoms with Crippen LogP contribution in [0, 0.1) is 0 Å². The normalized spacial score (nSPS) is 18.3. The fourth-order valence-corrected chi connectivity index (χ4v) is 7.21. The van der Waals surface area contributed by atoms with Crippen LogP contribution in [0.5, 0.6) is 5.75 Å². The zero-order chi connectivity index (χ0) is 26.9. The molecule has 2 aliphatic rings. The Morgan fingerprint density at radius 3 is 2.50 bits per heavy atom. The van der Waals surface area contributed by atoms with Crippen LogP contribution in [0.15, 0.2) is 53.4 Å². The van der Waals surface area contributed by atoms with E-state index < -0.39 is 15.4 Å². The number of benzene rings is 2. The molecule has 204 valence electrons. The van der Waals surface area contributed by atoms with Crippen molar-refractivity contribution in [3.63, 3.8) is 0 Å². The van der Waals surface area contributed by atoms with Crippen LogP contribution in [-0.4, -0.2) is 81.1 Å². The highest BCUT2D eigenvalue weighted by atomic mass is 32.2. The number of methoxy groups -OCH3 is 1. The number of amides is 1. The highest BCUT2D eigenvalue weighted by molar-refractivity contribution is 7.89. The second kappa shape index (κ2) is 10.7. The van der Waals surface area contributed by atoms with E-state index in [1.807, 2.05) is 22.8 Å². The summed E-state index contributed by atoms with van der Waals surface area (Å²) in [6.45, 7) is 9.34. The van der Waals surface area contributed by atoms with Crippen LogP contribution < -0.4 is 10.1 Å². The third kappa shape index (κ3) is 5.18. The summed E-state index contributed by atoms with van der Waals surface area (Å²) >= 11 is 0. The summed E-state index contributed by atoms with van der Waals surface area (Å²) in [5.41, 5.74) is 2.46. The Hall–Kier alpha value is -2.92. The van der Waals surface area contributed by atoms with Crippen molar-refractivity contribution >= 4 is 26.8 Å². The number of morpholine rings is 1. The van der Waals surface area contributed by atoms with E-state index in [0.717, 1.165) is 55.0 Å². The molecule has 0 radical (unpaired) electrons. The first kappa shape index (κ1) is 26.7. The van der Waals surface area contributed by atoms with Crippen LogP contribution in [-0.2, 0) is 38.1 Å². The lowest BCUT2D eigenvalue weighted by Crippen LogP contribution is -2.45. The van der Waals surface area contributed by atoms with Crippen molar-refractivity contribution < 1.29 is 22.7 Å². The smallest absolute Gasteiger partial charge is 0.243 e. The first-order valence-corrected chi connectivity index (χ1v) is 14.5. The predicted molar refractivity (Wildman–Crippen MR) is 146 cm³/mol. The van der Waals surface area contributed by atoms with Gasteiger partial charge in [-0.2, -0.15) is 4.31 Å². The number of fused-ring (bicyclic) bond motifs is 3. The predicted octanol–water partition coefficient (Wildman–Crippen LogP) is 2.58. The third-order valence-corrected chi connectivity index (χ3v) is 9.31. The van der Waals surface area contributed by atoms with Crippen molar-refractivity contribution in [3.8, 4) is 5.75 Å². The molecular weight excluding hydrogens is 504 g/mol. The summed E-state index contributed by atoms with van der Waals surface area (Å²) < 4.78 is 41.5. The molecular formula is C28H36N4O5S. The number of carbonyl (C=O) groups excluding carboxylic acids is 1. The van der Waals surface area contributed by atoms with Gasteiger partial charge in [0.1, 0.15) is 12.3 Å². The summed E-state index contributed by atoms with van der Waals surface area (Å²) in [4.78, 5) is 15.6. The van der Waals surface area contributed by atoms with Crippen molar-refractivity contribution in [2.24, 2.45) is 0 Å². The minimum atomic E-state index is -3.76. The average Bonchev–Trinajstić information content (AvgIpc) is 3.23. The molecule has 0 atom stereocenters. The van der Waals surface area contributed by atoms with Gasteiger partial charge in [-0.25, -0.2) is 8.42 Å².